The zero-order valence-electron chi connectivity index (χ0n) is 9.31. The second-order valence-corrected chi connectivity index (χ2v) is 2.55. The topological polar surface area (TPSA) is 73.2 Å². The highest BCUT2D eigenvalue weighted by Crippen LogP contribution is 1.91. The van der Waals surface area contributed by atoms with Gasteiger partial charge in [-0.05, 0) is 0 Å². The molecule has 3 N–H and O–H groups in total. The molecular weight excluding hydrogens is 186 g/mol. The van der Waals surface area contributed by atoms with Crippen molar-refractivity contribution in [3.63, 3.8) is 0 Å². The van der Waals surface area contributed by atoms with Crippen molar-refractivity contribution < 1.29 is 20.1 Å². The van der Waals surface area contributed by atoms with Gasteiger partial charge in [0.15, 0.2) is 0 Å². The molecule has 5 heteroatoms. The van der Waals surface area contributed by atoms with Crippen LogP contribution in [0.3, 0.4) is 0 Å². The number of ether oxygens (including phenoxy) is 1. The van der Waals surface area contributed by atoms with Crippen molar-refractivity contribution in [3.05, 3.63) is 0 Å². The summed E-state index contributed by atoms with van der Waals surface area (Å²) in [6.45, 7) is 4.71. The van der Waals surface area contributed by atoms with Gasteiger partial charge in [0.2, 0.25) is 0 Å². The lowest BCUT2D eigenvalue weighted by atomic mass is 10.3. The van der Waals surface area contributed by atoms with E-state index in [2.05, 4.69) is 0 Å². The Hall–Kier alpha value is -0.200. The molecule has 0 spiro atoms. The van der Waals surface area contributed by atoms with E-state index in [0.29, 0.717) is 13.1 Å². The first-order chi connectivity index (χ1) is 6.74. The molecule has 1 atom stereocenters. The number of rotatable bonds is 7. The number of methoxy groups -OCH3 is 1. The maximum Gasteiger partial charge on any atom is 0.0958 e. The van der Waals surface area contributed by atoms with Gasteiger partial charge in [-0.3, -0.25) is 4.90 Å². The predicted octanol–water partition coefficient (Wildman–Crippen LogP) is -0.736. The summed E-state index contributed by atoms with van der Waals surface area (Å²) in [7, 11) is 1.50. The fraction of sp³-hybridized carbons (Fsp3) is 1.00. The molecule has 0 bridgehead atoms. The normalized spacial score (nSPS) is 12.2. The summed E-state index contributed by atoms with van der Waals surface area (Å²) in [6, 6.07) is 0. The summed E-state index contributed by atoms with van der Waals surface area (Å²) in [5.74, 6) is 0. The highest BCUT2D eigenvalue weighted by molar-refractivity contribution is 4.60. The number of hydrogen-bond donors (Lipinski definition) is 3. The van der Waals surface area contributed by atoms with Gasteiger partial charge in [0, 0.05) is 20.2 Å². The van der Waals surface area contributed by atoms with Crippen molar-refractivity contribution in [3.8, 4) is 0 Å². The van der Waals surface area contributed by atoms with E-state index in [9.17, 15) is 5.11 Å². The first-order valence-corrected chi connectivity index (χ1v) is 4.85. The summed E-state index contributed by atoms with van der Waals surface area (Å²) in [5, 5.41) is 26.5. The first kappa shape index (κ1) is 16.2. The molecule has 0 aromatic carbocycles. The minimum atomic E-state index is -0.617. The molecule has 14 heavy (non-hydrogen) atoms. The fourth-order valence-corrected chi connectivity index (χ4v) is 0.904. The molecule has 0 heterocycles. The van der Waals surface area contributed by atoms with Crippen molar-refractivity contribution in [1.82, 2.24) is 4.90 Å². The van der Waals surface area contributed by atoms with Crippen LogP contribution in [0.15, 0.2) is 0 Å². The Labute approximate surface area is 85.9 Å². The summed E-state index contributed by atoms with van der Waals surface area (Å²) in [6.07, 6.45) is -0.617. The van der Waals surface area contributed by atoms with Gasteiger partial charge in [0.25, 0.3) is 0 Å². The Morgan fingerprint density at radius 2 is 1.86 bits per heavy atom. The van der Waals surface area contributed by atoms with Crippen LogP contribution < -0.4 is 0 Å². The highest BCUT2D eigenvalue weighted by Gasteiger charge is 2.09. The Morgan fingerprint density at radius 1 is 1.29 bits per heavy atom. The maximum absolute atomic E-state index is 9.22. The van der Waals surface area contributed by atoms with Crippen molar-refractivity contribution in [2.75, 3.05) is 40.1 Å². The van der Waals surface area contributed by atoms with Crippen molar-refractivity contribution in [2.24, 2.45) is 0 Å². The minimum absolute atomic E-state index is 0.0275. The first-order valence-electron chi connectivity index (χ1n) is 4.85. The molecule has 0 fully saturated rings. The van der Waals surface area contributed by atoms with Crippen molar-refractivity contribution in [1.29, 1.82) is 0 Å². The quantitative estimate of drug-likeness (QED) is 0.482. The van der Waals surface area contributed by atoms with Crippen LogP contribution in [0.4, 0.5) is 0 Å². The summed E-state index contributed by atoms with van der Waals surface area (Å²) in [5.41, 5.74) is 0. The third-order valence-electron chi connectivity index (χ3n) is 1.44. The van der Waals surface area contributed by atoms with Gasteiger partial charge in [0.1, 0.15) is 0 Å². The van der Waals surface area contributed by atoms with Gasteiger partial charge < -0.3 is 20.1 Å². The Morgan fingerprint density at radius 3 is 2.21 bits per heavy atom. The van der Waals surface area contributed by atoms with Gasteiger partial charge in [-0.15, -0.1) is 0 Å². The third kappa shape index (κ3) is 9.88. The molecule has 5 nitrogen and oxygen atoms in total. The molecule has 0 amide bonds. The smallest absolute Gasteiger partial charge is 0.0958 e. The van der Waals surface area contributed by atoms with Gasteiger partial charge in [-0.25, -0.2) is 0 Å². The standard InChI is InChI=1S/C7H17NO4.C2H6/c1-12-5-7(11)4-8(6-10)2-3-9;1-2/h7,9-11H,2-6H2,1H3;1-2H3. The van der Waals surface area contributed by atoms with Gasteiger partial charge in [-0.2, -0.15) is 0 Å². The molecule has 0 radical (unpaired) electrons. The molecule has 0 aromatic heterocycles. The van der Waals surface area contributed by atoms with Crippen LogP contribution in [0.1, 0.15) is 13.8 Å². The number of aliphatic hydroxyl groups excluding tert-OH is 3. The molecule has 0 aliphatic carbocycles. The third-order valence-corrected chi connectivity index (χ3v) is 1.44. The van der Waals surface area contributed by atoms with Crippen LogP contribution in [-0.2, 0) is 4.74 Å². The highest BCUT2D eigenvalue weighted by atomic mass is 16.5. The van der Waals surface area contributed by atoms with E-state index >= 15 is 0 Å². The number of nitrogens with zero attached hydrogens (tertiary/aromatic N) is 1. The van der Waals surface area contributed by atoms with E-state index in [4.69, 9.17) is 14.9 Å². The van der Waals surface area contributed by atoms with Crippen LogP contribution in [0, 0.1) is 0 Å². The van der Waals surface area contributed by atoms with Gasteiger partial charge >= 0.3 is 0 Å². The summed E-state index contributed by atoms with van der Waals surface area (Å²) >= 11 is 0. The lowest BCUT2D eigenvalue weighted by Gasteiger charge is -2.21. The Bertz CT molecular complexity index is 103. The van der Waals surface area contributed by atoms with E-state index in [1.165, 1.54) is 12.0 Å². The van der Waals surface area contributed by atoms with Crippen LogP contribution in [0.2, 0.25) is 0 Å². The average Bonchev–Trinajstić information content (AvgIpc) is 2.20. The molecule has 0 aromatic rings. The van der Waals surface area contributed by atoms with Crippen molar-refractivity contribution >= 4 is 0 Å². The van der Waals surface area contributed by atoms with Crippen molar-refractivity contribution in [2.45, 2.75) is 20.0 Å². The van der Waals surface area contributed by atoms with E-state index < -0.39 is 6.10 Å². The van der Waals surface area contributed by atoms with Crippen LogP contribution in [-0.4, -0.2) is 66.5 Å². The zero-order chi connectivity index (χ0) is 11.4. The predicted molar refractivity (Wildman–Crippen MR) is 55.0 cm³/mol. The van der Waals surface area contributed by atoms with Gasteiger partial charge in [0.05, 0.1) is 26.0 Å². The Kier molecular flexibility index (Phi) is 14.8. The van der Waals surface area contributed by atoms with Crippen LogP contribution in [0.25, 0.3) is 0 Å². The second kappa shape index (κ2) is 12.8. The fourth-order valence-electron chi connectivity index (χ4n) is 0.904. The monoisotopic (exact) mass is 209 g/mol. The minimum Gasteiger partial charge on any atom is -0.395 e. The second-order valence-electron chi connectivity index (χ2n) is 2.55. The number of aliphatic hydroxyl groups is 3. The molecule has 0 aliphatic rings. The van der Waals surface area contributed by atoms with E-state index in [-0.39, 0.29) is 19.9 Å². The van der Waals surface area contributed by atoms with E-state index in [0.717, 1.165) is 0 Å². The average molecular weight is 209 g/mol. The zero-order valence-corrected chi connectivity index (χ0v) is 9.31. The number of hydrogen-bond acceptors (Lipinski definition) is 5. The van der Waals surface area contributed by atoms with E-state index in [1.54, 1.807) is 0 Å². The van der Waals surface area contributed by atoms with Crippen LogP contribution >= 0.6 is 0 Å². The Balaban J connectivity index is 0. The lowest BCUT2D eigenvalue weighted by molar-refractivity contribution is 0.00687. The van der Waals surface area contributed by atoms with Gasteiger partial charge in [-0.1, -0.05) is 13.8 Å². The molecule has 1 unspecified atom stereocenters. The molecular formula is C9H23NO4. The largest absolute Gasteiger partial charge is 0.395 e. The SMILES string of the molecule is CC.COCC(O)CN(CO)CCO. The summed E-state index contributed by atoms with van der Waals surface area (Å²) in [4.78, 5) is 1.53. The molecule has 0 saturated carbocycles. The van der Waals surface area contributed by atoms with Crippen LogP contribution in [0.5, 0.6) is 0 Å². The maximum atomic E-state index is 9.22. The molecule has 0 rings (SSSR count). The molecule has 88 valence electrons. The summed E-state index contributed by atoms with van der Waals surface area (Å²) < 4.78 is 4.71. The molecule has 0 aliphatic heterocycles. The lowest BCUT2D eigenvalue weighted by Crippen LogP contribution is -2.37. The molecule has 0 saturated heterocycles. The van der Waals surface area contributed by atoms with E-state index in [1.807, 2.05) is 13.8 Å².